The van der Waals surface area contributed by atoms with E-state index in [9.17, 15) is 0 Å². The Labute approximate surface area is 139 Å². The first-order valence-electron chi connectivity index (χ1n) is 7.38. The van der Waals surface area contributed by atoms with E-state index in [1.54, 1.807) is 0 Å². The molecule has 5 heteroatoms. The third kappa shape index (κ3) is 2.14. The van der Waals surface area contributed by atoms with E-state index in [1.165, 1.54) is 0 Å². The van der Waals surface area contributed by atoms with Crippen LogP contribution in [0.1, 0.15) is 5.69 Å². The summed E-state index contributed by atoms with van der Waals surface area (Å²) >= 11 is 6.43. The maximum absolute atomic E-state index is 6.43. The Morgan fingerprint density at radius 2 is 1.74 bits per heavy atom. The lowest BCUT2D eigenvalue weighted by Crippen LogP contribution is -2.03. The average molecular weight is 323 g/mol. The molecule has 2 aromatic heterocycles. The first-order valence-corrected chi connectivity index (χ1v) is 7.75. The third-order valence-corrected chi connectivity index (χ3v) is 4.35. The van der Waals surface area contributed by atoms with Crippen molar-refractivity contribution < 1.29 is 0 Å². The highest BCUT2D eigenvalue weighted by molar-refractivity contribution is 6.33. The van der Waals surface area contributed by atoms with Crippen molar-refractivity contribution in [2.24, 2.45) is 7.05 Å². The van der Waals surface area contributed by atoms with Gasteiger partial charge in [-0.15, -0.1) is 0 Å². The standard InChI is InChI=1S/C18H15ClN4/c1-12-17(13-7-3-4-8-14(13)19)18(22(2)21-12)23-11-20-15-9-5-6-10-16(15)23/h3-11H,1-2H3. The largest absolute Gasteiger partial charge is 0.283 e. The van der Waals surface area contributed by atoms with Crippen LogP contribution in [0.4, 0.5) is 0 Å². The van der Waals surface area contributed by atoms with Crippen LogP contribution in [0.2, 0.25) is 5.02 Å². The highest BCUT2D eigenvalue weighted by atomic mass is 35.5. The molecule has 0 saturated heterocycles. The summed E-state index contributed by atoms with van der Waals surface area (Å²) in [4.78, 5) is 4.49. The molecule has 0 atom stereocenters. The van der Waals surface area contributed by atoms with Crippen LogP contribution < -0.4 is 0 Å². The molecule has 4 aromatic rings. The second-order valence-corrected chi connectivity index (χ2v) is 5.90. The molecule has 0 unspecified atom stereocenters. The van der Waals surface area contributed by atoms with Crippen molar-refractivity contribution in [3.8, 4) is 16.9 Å². The van der Waals surface area contributed by atoms with Gasteiger partial charge in [-0.3, -0.25) is 9.25 Å². The van der Waals surface area contributed by atoms with Crippen molar-refractivity contribution in [3.63, 3.8) is 0 Å². The first-order chi connectivity index (χ1) is 11.2. The summed E-state index contributed by atoms with van der Waals surface area (Å²) in [5.41, 5.74) is 4.95. The van der Waals surface area contributed by atoms with E-state index in [-0.39, 0.29) is 0 Å². The summed E-state index contributed by atoms with van der Waals surface area (Å²) in [6.45, 7) is 2.00. The van der Waals surface area contributed by atoms with Gasteiger partial charge in [-0.1, -0.05) is 41.9 Å². The predicted molar refractivity (Wildman–Crippen MR) is 93.0 cm³/mol. The summed E-state index contributed by atoms with van der Waals surface area (Å²) in [5, 5.41) is 5.32. The molecule has 0 amide bonds. The Balaban J connectivity index is 2.06. The van der Waals surface area contributed by atoms with Gasteiger partial charge in [0, 0.05) is 23.2 Å². The number of imidazole rings is 1. The van der Waals surface area contributed by atoms with Crippen molar-refractivity contribution in [3.05, 3.63) is 65.6 Å². The number of fused-ring (bicyclic) bond motifs is 1. The summed E-state index contributed by atoms with van der Waals surface area (Å²) in [7, 11) is 1.94. The molecule has 4 nitrogen and oxygen atoms in total. The number of rotatable bonds is 2. The number of halogens is 1. The van der Waals surface area contributed by atoms with E-state index in [0.29, 0.717) is 5.02 Å². The molecule has 0 N–H and O–H groups in total. The predicted octanol–water partition coefficient (Wildman–Crippen LogP) is 4.39. The minimum Gasteiger partial charge on any atom is -0.283 e. The summed E-state index contributed by atoms with van der Waals surface area (Å²) in [5.74, 6) is 0.962. The van der Waals surface area contributed by atoms with Gasteiger partial charge in [-0.05, 0) is 25.1 Å². The Kier molecular flexibility index (Phi) is 3.20. The lowest BCUT2D eigenvalue weighted by molar-refractivity contribution is 0.727. The zero-order chi connectivity index (χ0) is 16.0. The van der Waals surface area contributed by atoms with Crippen LogP contribution in [-0.4, -0.2) is 19.3 Å². The van der Waals surface area contributed by atoms with E-state index >= 15 is 0 Å². The van der Waals surface area contributed by atoms with Crippen LogP contribution in [-0.2, 0) is 7.05 Å². The molecule has 0 aliphatic heterocycles. The molecular weight excluding hydrogens is 308 g/mol. The van der Waals surface area contributed by atoms with Crippen molar-refractivity contribution in [2.75, 3.05) is 0 Å². The van der Waals surface area contributed by atoms with Crippen LogP contribution in [0.5, 0.6) is 0 Å². The smallest absolute Gasteiger partial charge is 0.144 e. The van der Waals surface area contributed by atoms with Crippen LogP contribution >= 0.6 is 11.6 Å². The van der Waals surface area contributed by atoms with Crippen molar-refractivity contribution in [1.82, 2.24) is 19.3 Å². The van der Waals surface area contributed by atoms with Gasteiger partial charge in [0.05, 0.1) is 16.7 Å². The number of aromatic nitrogens is 4. The zero-order valence-electron chi connectivity index (χ0n) is 12.9. The van der Waals surface area contributed by atoms with E-state index in [1.807, 2.05) is 67.4 Å². The van der Waals surface area contributed by atoms with Gasteiger partial charge in [-0.2, -0.15) is 5.10 Å². The Morgan fingerprint density at radius 1 is 1.00 bits per heavy atom. The molecule has 0 fully saturated rings. The SMILES string of the molecule is Cc1nn(C)c(-n2cnc3ccccc32)c1-c1ccccc1Cl. The maximum atomic E-state index is 6.43. The van der Waals surface area contributed by atoms with E-state index in [4.69, 9.17) is 11.6 Å². The summed E-state index contributed by atoms with van der Waals surface area (Å²) < 4.78 is 3.94. The minimum atomic E-state index is 0.717. The third-order valence-electron chi connectivity index (χ3n) is 4.02. The lowest BCUT2D eigenvalue weighted by Gasteiger charge is -2.10. The van der Waals surface area contributed by atoms with Gasteiger partial charge in [0.25, 0.3) is 0 Å². The summed E-state index contributed by atoms with van der Waals surface area (Å²) in [6.07, 6.45) is 1.83. The Morgan fingerprint density at radius 3 is 2.57 bits per heavy atom. The quantitative estimate of drug-likeness (QED) is 0.549. The number of benzene rings is 2. The van der Waals surface area contributed by atoms with Gasteiger partial charge in [0.1, 0.15) is 12.1 Å². The second-order valence-electron chi connectivity index (χ2n) is 5.49. The molecular formula is C18H15ClN4. The number of aryl methyl sites for hydroxylation is 2. The average Bonchev–Trinajstić information content (AvgIpc) is 3.08. The molecule has 0 saturated carbocycles. The monoisotopic (exact) mass is 322 g/mol. The molecule has 0 aliphatic rings. The van der Waals surface area contributed by atoms with E-state index < -0.39 is 0 Å². The Hall–Kier alpha value is -2.59. The number of para-hydroxylation sites is 2. The van der Waals surface area contributed by atoms with Crippen LogP contribution in [0.25, 0.3) is 28.0 Å². The molecule has 0 spiro atoms. The van der Waals surface area contributed by atoms with E-state index in [0.717, 1.165) is 33.7 Å². The van der Waals surface area contributed by atoms with Gasteiger partial charge < -0.3 is 0 Å². The number of hydrogen-bond acceptors (Lipinski definition) is 2. The van der Waals surface area contributed by atoms with Crippen molar-refractivity contribution in [2.45, 2.75) is 6.92 Å². The highest BCUT2D eigenvalue weighted by Crippen LogP contribution is 2.35. The normalized spacial score (nSPS) is 11.3. The second kappa shape index (κ2) is 5.25. The minimum absolute atomic E-state index is 0.717. The number of hydrogen-bond donors (Lipinski definition) is 0. The van der Waals surface area contributed by atoms with Crippen LogP contribution in [0.15, 0.2) is 54.9 Å². The molecule has 0 aliphatic carbocycles. The Bertz CT molecular complexity index is 1010. The molecule has 4 rings (SSSR count). The highest BCUT2D eigenvalue weighted by Gasteiger charge is 2.20. The molecule has 2 aromatic carbocycles. The molecule has 114 valence electrons. The summed E-state index contributed by atoms with van der Waals surface area (Å²) in [6, 6.07) is 15.9. The van der Waals surface area contributed by atoms with E-state index in [2.05, 4.69) is 20.7 Å². The lowest BCUT2D eigenvalue weighted by atomic mass is 10.1. The van der Waals surface area contributed by atoms with Crippen LogP contribution in [0.3, 0.4) is 0 Å². The fraction of sp³-hybridized carbons (Fsp3) is 0.111. The molecule has 2 heterocycles. The molecule has 23 heavy (non-hydrogen) atoms. The van der Waals surface area contributed by atoms with Gasteiger partial charge >= 0.3 is 0 Å². The first kappa shape index (κ1) is 14.0. The molecule has 0 bridgehead atoms. The topological polar surface area (TPSA) is 35.6 Å². The van der Waals surface area contributed by atoms with Crippen molar-refractivity contribution >= 4 is 22.6 Å². The van der Waals surface area contributed by atoms with Gasteiger partial charge in [0.15, 0.2) is 0 Å². The van der Waals surface area contributed by atoms with Gasteiger partial charge in [-0.25, -0.2) is 4.98 Å². The fourth-order valence-electron chi connectivity index (χ4n) is 3.03. The van der Waals surface area contributed by atoms with Crippen molar-refractivity contribution in [1.29, 1.82) is 0 Å². The molecule has 0 radical (unpaired) electrons. The van der Waals surface area contributed by atoms with Crippen LogP contribution in [0, 0.1) is 6.92 Å². The fourth-order valence-corrected chi connectivity index (χ4v) is 3.26. The number of nitrogens with zero attached hydrogens (tertiary/aromatic N) is 4. The van der Waals surface area contributed by atoms with Gasteiger partial charge in [0.2, 0.25) is 0 Å². The zero-order valence-corrected chi connectivity index (χ0v) is 13.6. The maximum Gasteiger partial charge on any atom is 0.144 e.